The van der Waals surface area contributed by atoms with E-state index in [0.717, 1.165) is 22.2 Å². The molecule has 4 aromatic rings. The lowest BCUT2D eigenvalue weighted by Gasteiger charge is -2.14. The van der Waals surface area contributed by atoms with Gasteiger partial charge in [0.1, 0.15) is 5.52 Å². The van der Waals surface area contributed by atoms with Crippen LogP contribution in [0.4, 0.5) is 0 Å². The summed E-state index contributed by atoms with van der Waals surface area (Å²) in [4.78, 5) is 26.3. The van der Waals surface area contributed by atoms with Crippen LogP contribution in [0, 0.1) is 0 Å². The Hall–Kier alpha value is -3.80. The molecule has 0 fully saturated rings. The lowest BCUT2D eigenvalue weighted by molar-refractivity contribution is 0.0642. The third kappa shape index (κ3) is 2.66. The van der Waals surface area contributed by atoms with Crippen molar-refractivity contribution in [3.05, 3.63) is 95.1 Å². The van der Waals surface area contributed by atoms with Gasteiger partial charge in [-0.2, -0.15) is 0 Å². The highest BCUT2D eigenvalue weighted by Gasteiger charge is 2.34. The van der Waals surface area contributed by atoms with Gasteiger partial charge in [0.15, 0.2) is 0 Å². The van der Waals surface area contributed by atoms with Gasteiger partial charge in [0.2, 0.25) is 0 Å². The number of carbonyl (C=O) groups excluding carboxylic acids is 2. The van der Waals surface area contributed by atoms with Crippen molar-refractivity contribution in [3.8, 4) is 0 Å². The van der Waals surface area contributed by atoms with E-state index in [1.165, 1.54) is 4.90 Å². The summed E-state index contributed by atoms with van der Waals surface area (Å²) in [6.45, 7) is 0.868. The van der Waals surface area contributed by atoms with Crippen LogP contribution in [-0.4, -0.2) is 31.7 Å². The molecule has 0 bridgehead atoms. The van der Waals surface area contributed by atoms with Crippen molar-refractivity contribution in [2.24, 2.45) is 0 Å². The maximum Gasteiger partial charge on any atom is 0.261 e. The fourth-order valence-corrected chi connectivity index (χ4v) is 3.52. The van der Waals surface area contributed by atoms with Gasteiger partial charge >= 0.3 is 0 Å². The van der Waals surface area contributed by atoms with Gasteiger partial charge in [-0.15, -0.1) is 5.10 Å². The van der Waals surface area contributed by atoms with Crippen LogP contribution in [0.3, 0.4) is 0 Å². The van der Waals surface area contributed by atoms with Gasteiger partial charge in [-0.1, -0.05) is 53.7 Å². The van der Waals surface area contributed by atoms with E-state index < -0.39 is 0 Å². The van der Waals surface area contributed by atoms with E-state index in [-0.39, 0.29) is 18.4 Å². The highest BCUT2D eigenvalue weighted by molar-refractivity contribution is 6.21. The molecule has 136 valence electrons. The number of aromatic nitrogens is 3. The summed E-state index contributed by atoms with van der Waals surface area (Å²) >= 11 is 0. The van der Waals surface area contributed by atoms with E-state index in [9.17, 15) is 9.59 Å². The second-order valence-corrected chi connectivity index (χ2v) is 6.79. The molecule has 0 atom stereocenters. The van der Waals surface area contributed by atoms with Crippen LogP contribution in [0.5, 0.6) is 0 Å². The van der Waals surface area contributed by atoms with E-state index in [0.29, 0.717) is 17.7 Å². The SMILES string of the molecule is O=C1c2ccccc2C(=O)N1Cc1ccc(Cn2nnc3ccccc32)cc1. The first-order valence-electron chi connectivity index (χ1n) is 9.02. The van der Waals surface area contributed by atoms with Crippen LogP contribution in [-0.2, 0) is 13.1 Å². The first kappa shape index (κ1) is 16.4. The third-order valence-electron chi connectivity index (χ3n) is 4.99. The fraction of sp³-hybridized carbons (Fsp3) is 0.0909. The number of imide groups is 1. The van der Waals surface area contributed by atoms with Gasteiger partial charge in [-0.3, -0.25) is 14.5 Å². The molecule has 6 heteroatoms. The third-order valence-corrected chi connectivity index (χ3v) is 4.99. The lowest BCUT2D eigenvalue weighted by Crippen LogP contribution is -2.29. The zero-order valence-corrected chi connectivity index (χ0v) is 14.9. The summed E-state index contributed by atoms with van der Waals surface area (Å²) in [6.07, 6.45) is 0. The van der Waals surface area contributed by atoms with Crippen molar-refractivity contribution >= 4 is 22.8 Å². The van der Waals surface area contributed by atoms with Crippen LogP contribution in [0.15, 0.2) is 72.8 Å². The van der Waals surface area contributed by atoms with Crippen molar-refractivity contribution in [3.63, 3.8) is 0 Å². The number of fused-ring (bicyclic) bond motifs is 2. The normalized spacial score (nSPS) is 13.4. The van der Waals surface area contributed by atoms with Crippen LogP contribution in [0.2, 0.25) is 0 Å². The average molecular weight is 368 g/mol. The molecular formula is C22H16N4O2. The molecule has 2 amide bonds. The molecule has 2 heterocycles. The molecule has 6 nitrogen and oxygen atoms in total. The maximum atomic E-state index is 12.5. The van der Waals surface area contributed by atoms with Crippen molar-refractivity contribution in [1.29, 1.82) is 0 Å². The Balaban J connectivity index is 1.33. The molecule has 3 aromatic carbocycles. The summed E-state index contributed by atoms with van der Waals surface area (Å²) in [5.74, 6) is -0.475. The molecule has 0 saturated heterocycles. The predicted molar refractivity (Wildman–Crippen MR) is 104 cm³/mol. The highest BCUT2D eigenvalue weighted by atomic mass is 16.2. The Morgan fingerprint density at radius 3 is 1.93 bits per heavy atom. The second-order valence-electron chi connectivity index (χ2n) is 6.79. The van der Waals surface area contributed by atoms with E-state index >= 15 is 0 Å². The minimum absolute atomic E-state index is 0.237. The number of hydrogen-bond acceptors (Lipinski definition) is 4. The number of nitrogens with zero attached hydrogens (tertiary/aromatic N) is 4. The summed E-state index contributed by atoms with van der Waals surface area (Å²) in [5, 5.41) is 8.38. The summed E-state index contributed by atoms with van der Waals surface area (Å²) in [5.41, 5.74) is 4.77. The number of rotatable bonds is 4. The van der Waals surface area contributed by atoms with Crippen LogP contribution < -0.4 is 0 Å². The summed E-state index contributed by atoms with van der Waals surface area (Å²) in [7, 11) is 0. The predicted octanol–water partition coefficient (Wildman–Crippen LogP) is 3.28. The topological polar surface area (TPSA) is 68.1 Å². The first-order valence-corrected chi connectivity index (χ1v) is 9.02. The van der Waals surface area contributed by atoms with Gasteiger partial charge in [0.25, 0.3) is 11.8 Å². The maximum absolute atomic E-state index is 12.5. The molecular weight excluding hydrogens is 352 g/mol. The van der Waals surface area contributed by atoms with E-state index in [4.69, 9.17) is 0 Å². The number of amides is 2. The van der Waals surface area contributed by atoms with Gasteiger partial charge in [-0.25, -0.2) is 4.68 Å². The first-order chi connectivity index (χ1) is 13.7. The monoisotopic (exact) mass is 368 g/mol. The van der Waals surface area contributed by atoms with Gasteiger partial charge in [-0.05, 0) is 35.4 Å². The zero-order chi connectivity index (χ0) is 19.1. The minimum atomic E-state index is -0.237. The van der Waals surface area contributed by atoms with E-state index in [2.05, 4.69) is 10.3 Å². The Labute approximate surface area is 161 Å². The molecule has 0 radical (unpaired) electrons. The lowest BCUT2D eigenvalue weighted by atomic mass is 10.1. The van der Waals surface area contributed by atoms with Crippen molar-refractivity contribution in [1.82, 2.24) is 19.9 Å². The standard InChI is InChI=1S/C22H16N4O2/c27-21-17-5-1-2-6-18(17)22(28)25(21)13-15-9-11-16(12-10-15)14-26-20-8-4-3-7-19(20)23-24-26/h1-12H,13-14H2. The Morgan fingerprint density at radius 2 is 1.25 bits per heavy atom. The molecule has 0 aliphatic carbocycles. The molecule has 28 heavy (non-hydrogen) atoms. The molecule has 0 spiro atoms. The number of benzene rings is 3. The van der Waals surface area contributed by atoms with Gasteiger partial charge < -0.3 is 0 Å². The molecule has 1 aromatic heterocycles. The van der Waals surface area contributed by atoms with Crippen LogP contribution >= 0.6 is 0 Å². The molecule has 0 saturated carbocycles. The van der Waals surface area contributed by atoms with Crippen LogP contribution in [0.25, 0.3) is 11.0 Å². The quantitative estimate of drug-likeness (QED) is 0.519. The smallest absolute Gasteiger partial charge is 0.261 e. The zero-order valence-electron chi connectivity index (χ0n) is 14.9. The fourth-order valence-electron chi connectivity index (χ4n) is 3.52. The van der Waals surface area contributed by atoms with Crippen molar-refractivity contribution in [2.45, 2.75) is 13.1 Å². The number of carbonyl (C=O) groups is 2. The average Bonchev–Trinajstić information content (AvgIpc) is 3.24. The van der Waals surface area contributed by atoms with E-state index in [1.54, 1.807) is 24.3 Å². The van der Waals surface area contributed by atoms with Gasteiger partial charge in [0.05, 0.1) is 29.7 Å². The highest BCUT2D eigenvalue weighted by Crippen LogP contribution is 2.24. The summed E-state index contributed by atoms with van der Waals surface area (Å²) < 4.78 is 1.86. The van der Waals surface area contributed by atoms with Crippen LogP contribution in [0.1, 0.15) is 31.8 Å². The molecule has 1 aliphatic heterocycles. The van der Waals surface area contributed by atoms with Crippen molar-refractivity contribution < 1.29 is 9.59 Å². The molecule has 5 rings (SSSR count). The summed E-state index contributed by atoms with van der Waals surface area (Å²) in [6, 6.07) is 22.6. The molecule has 0 N–H and O–H groups in total. The molecule has 0 unspecified atom stereocenters. The largest absolute Gasteiger partial charge is 0.270 e. The minimum Gasteiger partial charge on any atom is -0.270 e. The second kappa shape index (κ2) is 6.42. The van der Waals surface area contributed by atoms with Gasteiger partial charge in [0, 0.05) is 0 Å². The number of hydrogen-bond donors (Lipinski definition) is 0. The Morgan fingerprint density at radius 1 is 0.679 bits per heavy atom. The number of para-hydroxylation sites is 1. The van der Waals surface area contributed by atoms with Crippen molar-refractivity contribution in [2.75, 3.05) is 0 Å². The Kier molecular flexibility index (Phi) is 3.76. The molecule has 1 aliphatic rings. The Bertz CT molecular complexity index is 1180. The van der Waals surface area contributed by atoms with E-state index in [1.807, 2.05) is 53.2 Å².